The van der Waals surface area contributed by atoms with E-state index in [1.165, 1.54) is 0 Å². The summed E-state index contributed by atoms with van der Waals surface area (Å²) in [4.78, 5) is 0. The lowest BCUT2D eigenvalue weighted by atomic mass is 10.3. The molecular formula is C6H3Br3O2. The molecule has 0 atom stereocenters. The van der Waals surface area contributed by atoms with Crippen molar-refractivity contribution in [2.45, 2.75) is 0 Å². The molecular weight excluding hydrogens is 344 g/mol. The van der Waals surface area contributed by atoms with Gasteiger partial charge in [0.2, 0.25) is 0 Å². The highest BCUT2D eigenvalue weighted by Crippen LogP contribution is 2.43. The molecule has 0 amide bonds. The molecule has 0 aliphatic heterocycles. The van der Waals surface area contributed by atoms with Gasteiger partial charge in [-0.1, -0.05) is 0 Å². The molecule has 5 heteroatoms. The minimum atomic E-state index is -0.00861. The summed E-state index contributed by atoms with van der Waals surface area (Å²) in [5.41, 5.74) is 0. The second-order valence-corrected chi connectivity index (χ2v) is 4.35. The van der Waals surface area contributed by atoms with E-state index in [4.69, 9.17) is 0 Å². The van der Waals surface area contributed by atoms with E-state index < -0.39 is 0 Å². The number of phenols is 2. The summed E-state index contributed by atoms with van der Waals surface area (Å²) >= 11 is 9.24. The lowest BCUT2D eigenvalue weighted by molar-refractivity contribution is 0.440. The summed E-state index contributed by atoms with van der Waals surface area (Å²) in [6, 6.07) is 1.56. The minimum Gasteiger partial charge on any atom is -0.505 e. The second kappa shape index (κ2) is 3.33. The van der Waals surface area contributed by atoms with Gasteiger partial charge in [-0.2, -0.15) is 0 Å². The lowest BCUT2D eigenvalue weighted by Gasteiger charge is -2.03. The van der Waals surface area contributed by atoms with Crippen molar-refractivity contribution in [2.75, 3.05) is 0 Å². The fourth-order valence-corrected chi connectivity index (χ4v) is 2.69. The number of halogens is 3. The van der Waals surface area contributed by atoms with E-state index in [2.05, 4.69) is 47.8 Å². The zero-order valence-corrected chi connectivity index (χ0v) is 9.86. The number of phenolic OH excluding ortho intramolecular Hbond substituents is 2. The van der Waals surface area contributed by atoms with Crippen molar-refractivity contribution >= 4 is 47.8 Å². The molecule has 0 fully saturated rings. The quantitative estimate of drug-likeness (QED) is 0.756. The van der Waals surface area contributed by atoms with E-state index >= 15 is 0 Å². The number of aromatic hydroxyl groups is 2. The number of hydrogen-bond donors (Lipinski definition) is 2. The largest absolute Gasteiger partial charge is 0.505 e. The molecule has 2 N–H and O–H groups in total. The first kappa shape index (κ1) is 9.35. The van der Waals surface area contributed by atoms with E-state index in [1.807, 2.05) is 0 Å². The highest BCUT2D eigenvalue weighted by molar-refractivity contribution is 9.11. The molecule has 0 radical (unpaired) electrons. The van der Waals surface area contributed by atoms with Crippen molar-refractivity contribution in [1.29, 1.82) is 0 Å². The second-order valence-electron chi connectivity index (χ2n) is 1.85. The Morgan fingerprint density at radius 3 is 1.64 bits per heavy atom. The van der Waals surface area contributed by atoms with E-state index in [1.54, 1.807) is 6.07 Å². The van der Waals surface area contributed by atoms with Crippen LogP contribution in [0.1, 0.15) is 0 Å². The third-order valence-electron chi connectivity index (χ3n) is 1.12. The molecule has 60 valence electrons. The van der Waals surface area contributed by atoms with Crippen molar-refractivity contribution in [3.05, 3.63) is 19.5 Å². The zero-order valence-electron chi connectivity index (χ0n) is 5.11. The Labute approximate surface area is 88.6 Å². The van der Waals surface area contributed by atoms with Gasteiger partial charge in [0.25, 0.3) is 0 Å². The molecule has 0 saturated carbocycles. The SMILES string of the molecule is Oc1c(Br)cc(Br)c(O)c1Br. The van der Waals surface area contributed by atoms with Gasteiger partial charge in [-0.3, -0.25) is 0 Å². The first-order valence-electron chi connectivity index (χ1n) is 2.59. The summed E-state index contributed by atoms with van der Waals surface area (Å²) in [5, 5.41) is 18.5. The van der Waals surface area contributed by atoms with Crippen molar-refractivity contribution in [3.63, 3.8) is 0 Å². The molecule has 1 rings (SSSR count). The van der Waals surface area contributed by atoms with Gasteiger partial charge >= 0.3 is 0 Å². The van der Waals surface area contributed by atoms with Crippen LogP contribution in [0, 0.1) is 0 Å². The number of benzene rings is 1. The van der Waals surface area contributed by atoms with E-state index in [0.29, 0.717) is 8.95 Å². The fraction of sp³-hybridized carbons (Fsp3) is 0. The van der Waals surface area contributed by atoms with Gasteiger partial charge in [0, 0.05) is 0 Å². The van der Waals surface area contributed by atoms with E-state index in [0.717, 1.165) is 0 Å². The van der Waals surface area contributed by atoms with E-state index in [9.17, 15) is 10.2 Å². The van der Waals surface area contributed by atoms with Gasteiger partial charge in [0.05, 0.1) is 8.95 Å². The molecule has 0 heterocycles. The van der Waals surface area contributed by atoms with Gasteiger partial charge < -0.3 is 10.2 Å². The smallest absolute Gasteiger partial charge is 0.147 e. The van der Waals surface area contributed by atoms with Gasteiger partial charge in [-0.25, -0.2) is 0 Å². The van der Waals surface area contributed by atoms with Crippen LogP contribution in [0.3, 0.4) is 0 Å². The minimum absolute atomic E-state index is 0.00861. The maximum Gasteiger partial charge on any atom is 0.147 e. The van der Waals surface area contributed by atoms with Crippen LogP contribution in [0.4, 0.5) is 0 Å². The molecule has 2 nitrogen and oxygen atoms in total. The molecule has 0 aromatic heterocycles. The van der Waals surface area contributed by atoms with Crippen LogP contribution >= 0.6 is 47.8 Å². The van der Waals surface area contributed by atoms with Crippen LogP contribution in [0.5, 0.6) is 11.5 Å². The standard InChI is InChI=1S/C6H3Br3O2/c7-2-1-3(8)6(11)4(9)5(2)10/h1,10-11H. The highest BCUT2D eigenvalue weighted by Gasteiger charge is 2.11. The number of rotatable bonds is 0. The molecule has 0 spiro atoms. The van der Waals surface area contributed by atoms with Crippen molar-refractivity contribution in [2.24, 2.45) is 0 Å². The maximum absolute atomic E-state index is 9.24. The van der Waals surface area contributed by atoms with Crippen LogP contribution in [-0.4, -0.2) is 10.2 Å². The van der Waals surface area contributed by atoms with Crippen molar-refractivity contribution in [3.8, 4) is 11.5 Å². The van der Waals surface area contributed by atoms with Crippen LogP contribution in [-0.2, 0) is 0 Å². The topological polar surface area (TPSA) is 40.5 Å². The van der Waals surface area contributed by atoms with Crippen LogP contribution in [0.25, 0.3) is 0 Å². The first-order valence-corrected chi connectivity index (χ1v) is 4.97. The average Bonchev–Trinajstić information content (AvgIpc) is 1.97. The summed E-state index contributed by atoms with van der Waals surface area (Å²) in [7, 11) is 0. The molecule has 11 heavy (non-hydrogen) atoms. The molecule has 0 aliphatic carbocycles. The molecule has 0 unspecified atom stereocenters. The highest BCUT2D eigenvalue weighted by atomic mass is 79.9. The van der Waals surface area contributed by atoms with Crippen molar-refractivity contribution in [1.82, 2.24) is 0 Å². The monoisotopic (exact) mass is 344 g/mol. The van der Waals surface area contributed by atoms with Crippen molar-refractivity contribution < 1.29 is 10.2 Å². The Kier molecular flexibility index (Phi) is 2.83. The molecule has 0 saturated heterocycles. The summed E-state index contributed by atoms with van der Waals surface area (Å²) in [5.74, 6) is -0.0172. The Hall–Kier alpha value is 0.260. The van der Waals surface area contributed by atoms with Crippen LogP contribution in [0.2, 0.25) is 0 Å². The normalized spacial score (nSPS) is 10.1. The Morgan fingerprint density at radius 2 is 1.27 bits per heavy atom. The van der Waals surface area contributed by atoms with Crippen LogP contribution < -0.4 is 0 Å². The van der Waals surface area contributed by atoms with Crippen LogP contribution in [0.15, 0.2) is 19.5 Å². The third kappa shape index (κ3) is 1.71. The average molecular weight is 347 g/mol. The molecule has 1 aromatic rings. The predicted octanol–water partition coefficient (Wildman–Crippen LogP) is 3.39. The van der Waals surface area contributed by atoms with E-state index in [-0.39, 0.29) is 16.0 Å². The Morgan fingerprint density at radius 1 is 0.909 bits per heavy atom. The predicted molar refractivity (Wildman–Crippen MR) is 52.9 cm³/mol. The van der Waals surface area contributed by atoms with Gasteiger partial charge in [0.15, 0.2) is 0 Å². The maximum atomic E-state index is 9.24. The van der Waals surface area contributed by atoms with Gasteiger partial charge in [-0.15, -0.1) is 0 Å². The summed E-state index contributed by atoms with van der Waals surface area (Å²) in [6.45, 7) is 0. The Bertz CT molecular complexity index is 272. The summed E-state index contributed by atoms with van der Waals surface area (Å²) < 4.78 is 1.32. The molecule has 1 aromatic carbocycles. The third-order valence-corrected chi connectivity index (χ3v) is 3.08. The lowest BCUT2D eigenvalue weighted by Crippen LogP contribution is -1.75. The summed E-state index contributed by atoms with van der Waals surface area (Å²) in [6.07, 6.45) is 0. The van der Waals surface area contributed by atoms with Gasteiger partial charge in [-0.05, 0) is 53.9 Å². The van der Waals surface area contributed by atoms with Gasteiger partial charge in [0.1, 0.15) is 16.0 Å². The molecule has 0 aliphatic rings. The first-order chi connectivity index (χ1) is 5.04. The fourth-order valence-electron chi connectivity index (χ4n) is 0.570. The number of hydrogen-bond acceptors (Lipinski definition) is 2. The molecule has 0 bridgehead atoms. The zero-order chi connectivity index (χ0) is 8.59. The Balaban J connectivity index is 3.46.